The highest BCUT2D eigenvalue weighted by molar-refractivity contribution is 7.52. The van der Waals surface area contributed by atoms with Crippen molar-refractivity contribution < 1.29 is 14.0 Å². The van der Waals surface area contributed by atoms with Crippen molar-refractivity contribution in [3.63, 3.8) is 0 Å². The Bertz CT molecular complexity index is 173. The van der Waals surface area contributed by atoms with Crippen LogP contribution in [0.5, 0.6) is 0 Å². The summed E-state index contributed by atoms with van der Waals surface area (Å²) in [6.07, 6.45) is 0.909. The van der Waals surface area contributed by atoms with Crippen molar-refractivity contribution in [2.24, 2.45) is 0 Å². The molecule has 0 aromatic rings. The molecule has 0 bridgehead atoms. The second kappa shape index (κ2) is 6.55. The van der Waals surface area contributed by atoms with Crippen LogP contribution in [0.4, 0.5) is 0 Å². The summed E-state index contributed by atoms with van der Waals surface area (Å²) in [5.41, 5.74) is 0. The highest BCUT2D eigenvalue weighted by Crippen LogP contribution is 2.41. The van der Waals surface area contributed by atoms with Crippen molar-refractivity contribution in [2.45, 2.75) is 33.2 Å². The second-order valence-electron chi connectivity index (χ2n) is 3.24. The Kier molecular flexibility index (Phi) is 6.60. The SMILES string of the molecule is CCOP(=O)(O)CCCNC(C)C. The maximum absolute atomic E-state index is 11.2. The lowest BCUT2D eigenvalue weighted by Crippen LogP contribution is -2.24. The highest BCUT2D eigenvalue weighted by Gasteiger charge is 2.16. The standard InChI is InChI=1S/C8H20NO3P/c1-4-12-13(10,11)7-5-6-9-8(2)3/h8-9H,4-7H2,1-3H3,(H,10,11). The Morgan fingerprint density at radius 2 is 2.15 bits per heavy atom. The van der Waals surface area contributed by atoms with Crippen LogP contribution in [0.25, 0.3) is 0 Å². The summed E-state index contributed by atoms with van der Waals surface area (Å²) in [7, 11) is -3.29. The summed E-state index contributed by atoms with van der Waals surface area (Å²) in [6, 6.07) is 0.421. The smallest absolute Gasteiger partial charge is 0.324 e. The molecule has 0 spiro atoms. The molecule has 2 N–H and O–H groups in total. The fourth-order valence-electron chi connectivity index (χ4n) is 0.936. The van der Waals surface area contributed by atoms with Crippen molar-refractivity contribution in [1.29, 1.82) is 0 Å². The molecule has 4 nitrogen and oxygen atoms in total. The molecule has 0 aliphatic heterocycles. The van der Waals surface area contributed by atoms with Crippen molar-refractivity contribution in [1.82, 2.24) is 5.32 Å². The van der Waals surface area contributed by atoms with Crippen molar-refractivity contribution >= 4 is 7.60 Å². The van der Waals surface area contributed by atoms with Crippen LogP contribution in [0.3, 0.4) is 0 Å². The average molecular weight is 209 g/mol. The van der Waals surface area contributed by atoms with Crippen molar-refractivity contribution in [3.05, 3.63) is 0 Å². The van der Waals surface area contributed by atoms with E-state index in [1.807, 2.05) is 13.8 Å². The van der Waals surface area contributed by atoms with E-state index in [4.69, 9.17) is 4.52 Å². The molecule has 0 saturated heterocycles. The predicted molar refractivity (Wildman–Crippen MR) is 54.1 cm³/mol. The summed E-state index contributed by atoms with van der Waals surface area (Å²) >= 11 is 0. The van der Waals surface area contributed by atoms with E-state index >= 15 is 0 Å². The van der Waals surface area contributed by atoms with Crippen LogP contribution in [0.15, 0.2) is 0 Å². The Balaban J connectivity index is 3.46. The van der Waals surface area contributed by atoms with Gasteiger partial charge in [0.05, 0.1) is 12.8 Å². The van der Waals surface area contributed by atoms with Crippen LogP contribution in [-0.2, 0) is 9.09 Å². The monoisotopic (exact) mass is 209 g/mol. The zero-order chi connectivity index (χ0) is 10.3. The average Bonchev–Trinajstić information content (AvgIpc) is 1.98. The van der Waals surface area contributed by atoms with Gasteiger partial charge >= 0.3 is 7.60 Å². The number of rotatable bonds is 7. The Morgan fingerprint density at radius 3 is 2.62 bits per heavy atom. The van der Waals surface area contributed by atoms with Gasteiger partial charge in [0.1, 0.15) is 0 Å². The maximum atomic E-state index is 11.2. The number of hydrogen-bond acceptors (Lipinski definition) is 3. The first-order valence-electron chi connectivity index (χ1n) is 4.67. The molecule has 0 aromatic carbocycles. The molecule has 0 saturated carbocycles. The minimum absolute atomic E-state index is 0.237. The molecule has 0 radical (unpaired) electrons. The molecule has 0 fully saturated rings. The molecule has 0 aromatic heterocycles. The first kappa shape index (κ1) is 13.1. The van der Waals surface area contributed by atoms with Gasteiger partial charge in [0.15, 0.2) is 0 Å². The van der Waals surface area contributed by atoms with Gasteiger partial charge in [-0.1, -0.05) is 13.8 Å². The minimum Gasteiger partial charge on any atom is -0.324 e. The van der Waals surface area contributed by atoms with Gasteiger partial charge in [-0.3, -0.25) is 4.57 Å². The van der Waals surface area contributed by atoms with Crippen LogP contribution < -0.4 is 5.32 Å². The number of nitrogens with one attached hydrogen (secondary N) is 1. The largest absolute Gasteiger partial charge is 0.328 e. The van der Waals surface area contributed by atoms with Crippen LogP contribution in [-0.4, -0.2) is 30.2 Å². The van der Waals surface area contributed by atoms with Crippen LogP contribution in [0.1, 0.15) is 27.2 Å². The Labute approximate surface area is 80.2 Å². The lowest BCUT2D eigenvalue weighted by molar-refractivity contribution is 0.273. The van der Waals surface area contributed by atoms with Gasteiger partial charge in [0.2, 0.25) is 0 Å². The predicted octanol–water partition coefficient (Wildman–Crippen LogP) is 1.60. The van der Waals surface area contributed by atoms with Gasteiger partial charge in [-0.05, 0) is 19.9 Å². The molecular formula is C8H20NO3P. The van der Waals surface area contributed by atoms with E-state index in [9.17, 15) is 9.46 Å². The summed E-state index contributed by atoms with van der Waals surface area (Å²) < 4.78 is 15.9. The summed E-state index contributed by atoms with van der Waals surface area (Å²) in [6.45, 7) is 6.86. The van der Waals surface area contributed by atoms with E-state index in [1.54, 1.807) is 6.92 Å². The molecule has 5 heteroatoms. The van der Waals surface area contributed by atoms with Crippen LogP contribution >= 0.6 is 7.60 Å². The van der Waals surface area contributed by atoms with Gasteiger partial charge in [-0.25, -0.2) is 0 Å². The number of hydrogen-bond donors (Lipinski definition) is 2. The quantitative estimate of drug-likeness (QED) is 0.494. The van der Waals surface area contributed by atoms with E-state index < -0.39 is 7.60 Å². The molecule has 1 atom stereocenters. The normalized spacial score (nSPS) is 16.1. The minimum atomic E-state index is -3.29. The zero-order valence-electron chi connectivity index (χ0n) is 8.62. The van der Waals surface area contributed by atoms with Crippen LogP contribution in [0.2, 0.25) is 0 Å². The second-order valence-corrected chi connectivity index (χ2v) is 5.22. The lowest BCUT2D eigenvalue weighted by atomic mass is 10.4. The zero-order valence-corrected chi connectivity index (χ0v) is 9.51. The summed E-state index contributed by atoms with van der Waals surface area (Å²) in [5.74, 6) is 0. The van der Waals surface area contributed by atoms with E-state index in [0.717, 1.165) is 6.54 Å². The topological polar surface area (TPSA) is 58.6 Å². The molecular weight excluding hydrogens is 189 g/mol. The van der Waals surface area contributed by atoms with Gasteiger partial charge in [-0.2, -0.15) is 0 Å². The Morgan fingerprint density at radius 1 is 1.54 bits per heavy atom. The van der Waals surface area contributed by atoms with E-state index in [-0.39, 0.29) is 6.16 Å². The van der Waals surface area contributed by atoms with Gasteiger partial charge in [-0.15, -0.1) is 0 Å². The molecule has 0 aliphatic rings. The Hall–Kier alpha value is 0.110. The molecule has 13 heavy (non-hydrogen) atoms. The maximum Gasteiger partial charge on any atom is 0.328 e. The third-order valence-corrected chi connectivity index (χ3v) is 3.04. The van der Waals surface area contributed by atoms with Gasteiger partial charge in [0.25, 0.3) is 0 Å². The third kappa shape index (κ3) is 8.44. The van der Waals surface area contributed by atoms with Crippen molar-refractivity contribution in [2.75, 3.05) is 19.3 Å². The first-order chi connectivity index (χ1) is 5.98. The van der Waals surface area contributed by atoms with Gasteiger partial charge < -0.3 is 14.7 Å². The fourth-order valence-corrected chi connectivity index (χ4v) is 2.03. The van der Waals surface area contributed by atoms with Crippen LogP contribution in [0, 0.1) is 0 Å². The van der Waals surface area contributed by atoms with E-state index in [1.165, 1.54) is 0 Å². The molecule has 1 unspecified atom stereocenters. The van der Waals surface area contributed by atoms with E-state index in [0.29, 0.717) is 19.1 Å². The molecule has 0 rings (SSSR count). The van der Waals surface area contributed by atoms with Crippen molar-refractivity contribution in [3.8, 4) is 0 Å². The molecule has 0 aliphatic carbocycles. The third-order valence-electron chi connectivity index (χ3n) is 1.50. The highest BCUT2D eigenvalue weighted by atomic mass is 31.2. The summed E-state index contributed by atoms with van der Waals surface area (Å²) in [4.78, 5) is 9.19. The first-order valence-corrected chi connectivity index (χ1v) is 6.44. The summed E-state index contributed by atoms with van der Waals surface area (Å²) in [5, 5.41) is 3.17. The lowest BCUT2D eigenvalue weighted by Gasteiger charge is -2.11. The molecule has 80 valence electrons. The fraction of sp³-hybridized carbons (Fsp3) is 1.00. The van der Waals surface area contributed by atoms with E-state index in [2.05, 4.69) is 5.32 Å². The van der Waals surface area contributed by atoms with Gasteiger partial charge in [0, 0.05) is 6.04 Å². The molecule has 0 amide bonds. The molecule has 0 heterocycles.